The van der Waals surface area contributed by atoms with Crippen molar-refractivity contribution >= 4 is 11.9 Å². The number of carboxylic acid groups (broad SMARTS) is 1. The van der Waals surface area contributed by atoms with E-state index in [1.807, 2.05) is 0 Å². The molecule has 0 saturated carbocycles. The number of carboxylic acids is 1. The molecule has 0 aliphatic rings. The number of ether oxygens (including phenoxy) is 1. The first-order chi connectivity index (χ1) is 9.95. The molecule has 3 N–H and O–H groups in total. The van der Waals surface area contributed by atoms with Gasteiger partial charge < -0.3 is 20.1 Å². The lowest BCUT2D eigenvalue weighted by Crippen LogP contribution is -2.29. The van der Waals surface area contributed by atoms with Crippen LogP contribution in [-0.2, 0) is 20.7 Å². The zero-order valence-electron chi connectivity index (χ0n) is 11.9. The summed E-state index contributed by atoms with van der Waals surface area (Å²) in [6, 6.07) is 6.67. The molecular formula is C15H20O6. The number of aryl methyl sites for hydroxylation is 1. The molecule has 0 spiro atoms. The van der Waals surface area contributed by atoms with Gasteiger partial charge in [-0.1, -0.05) is 24.3 Å². The molecule has 6 nitrogen and oxygen atoms in total. The van der Waals surface area contributed by atoms with Crippen molar-refractivity contribution in [2.24, 2.45) is 0 Å². The average molecular weight is 296 g/mol. The predicted molar refractivity (Wildman–Crippen MR) is 74.6 cm³/mol. The monoisotopic (exact) mass is 296 g/mol. The van der Waals surface area contributed by atoms with Crippen molar-refractivity contribution in [2.45, 2.75) is 38.4 Å². The first-order valence-corrected chi connectivity index (χ1v) is 6.79. The number of rotatable bonds is 8. The van der Waals surface area contributed by atoms with Gasteiger partial charge in [-0.15, -0.1) is 0 Å². The fourth-order valence-electron chi connectivity index (χ4n) is 1.86. The second kappa shape index (κ2) is 8.39. The molecule has 0 aliphatic heterocycles. The highest BCUT2D eigenvalue weighted by Crippen LogP contribution is 2.19. The summed E-state index contributed by atoms with van der Waals surface area (Å²) < 4.78 is 4.64. The van der Waals surface area contributed by atoms with Crippen LogP contribution in [0.15, 0.2) is 24.3 Å². The van der Waals surface area contributed by atoms with Crippen LogP contribution >= 0.6 is 0 Å². The molecule has 0 fully saturated rings. The van der Waals surface area contributed by atoms with E-state index in [1.54, 1.807) is 31.2 Å². The lowest BCUT2D eigenvalue weighted by Gasteiger charge is -2.17. The van der Waals surface area contributed by atoms with Crippen LogP contribution in [0.4, 0.5) is 0 Å². The van der Waals surface area contributed by atoms with Crippen molar-refractivity contribution in [1.29, 1.82) is 0 Å². The van der Waals surface area contributed by atoms with Gasteiger partial charge in [0.25, 0.3) is 0 Å². The topological polar surface area (TPSA) is 104 Å². The number of aliphatic hydroxyl groups excluding tert-OH is 2. The van der Waals surface area contributed by atoms with E-state index in [0.717, 1.165) is 5.56 Å². The van der Waals surface area contributed by atoms with E-state index >= 15 is 0 Å². The van der Waals surface area contributed by atoms with Gasteiger partial charge in [-0.3, -0.25) is 4.79 Å². The van der Waals surface area contributed by atoms with Gasteiger partial charge in [0.05, 0.1) is 6.61 Å². The van der Waals surface area contributed by atoms with Crippen LogP contribution < -0.4 is 0 Å². The first kappa shape index (κ1) is 17.1. The Kier molecular flexibility index (Phi) is 6.84. The minimum absolute atomic E-state index is 0.103. The molecular weight excluding hydrogens is 276 g/mol. The number of benzene rings is 1. The lowest BCUT2D eigenvalue weighted by atomic mass is 10.0. The summed E-state index contributed by atoms with van der Waals surface area (Å²) in [5.74, 6) is -1.70. The van der Waals surface area contributed by atoms with Gasteiger partial charge in [-0.2, -0.15) is 0 Å². The summed E-state index contributed by atoms with van der Waals surface area (Å²) in [5.41, 5.74) is 1.33. The van der Waals surface area contributed by atoms with Crippen LogP contribution in [0.1, 0.15) is 37.0 Å². The SMILES string of the molecule is CCOC(=O)C(O)C(O)c1ccc(CCCC(=O)O)cc1. The molecule has 0 aromatic heterocycles. The molecule has 2 atom stereocenters. The maximum absolute atomic E-state index is 11.3. The number of carbonyl (C=O) groups excluding carboxylic acids is 1. The van der Waals surface area contributed by atoms with E-state index in [1.165, 1.54) is 0 Å². The van der Waals surface area contributed by atoms with Crippen molar-refractivity contribution in [3.05, 3.63) is 35.4 Å². The third-order valence-electron chi connectivity index (χ3n) is 3.00. The molecule has 116 valence electrons. The van der Waals surface area contributed by atoms with Gasteiger partial charge in [0.1, 0.15) is 6.10 Å². The molecule has 21 heavy (non-hydrogen) atoms. The maximum atomic E-state index is 11.3. The van der Waals surface area contributed by atoms with Crippen molar-refractivity contribution in [3.8, 4) is 0 Å². The lowest BCUT2D eigenvalue weighted by molar-refractivity contribution is -0.159. The summed E-state index contributed by atoms with van der Waals surface area (Å²) in [6.07, 6.45) is -1.72. The van der Waals surface area contributed by atoms with Gasteiger partial charge in [0.15, 0.2) is 6.10 Å². The van der Waals surface area contributed by atoms with Crippen LogP contribution in [0.5, 0.6) is 0 Å². The summed E-state index contributed by atoms with van der Waals surface area (Å²) in [6.45, 7) is 1.74. The van der Waals surface area contributed by atoms with Gasteiger partial charge in [0, 0.05) is 6.42 Å². The minimum Gasteiger partial charge on any atom is -0.481 e. The molecule has 2 unspecified atom stereocenters. The minimum atomic E-state index is -1.62. The normalized spacial score (nSPS) is 13.5. The molecule has 1 rings (SSSR count). The fourth-order valence-corrected chi connectivity index (χ4v) is 1.86. The second-order valence-corrected chi connectivity index (χ2v) is 4.63. The molecule has 0 saturated heterocycles. The Morgan fingerprint density at radius 2 is 1.81 bits per heavy atom. The number of aliphatic carboxylic acids is 1. The predicted octanol–water partition coefficient (Wildman–Crippen LogP) is 1.05. The highest BCUT2D eigenvalue weighted by Gasteiger charge is 2.26. The van der Waals surface area contributed by atoms with Gasteiger partial charge >= 0.3 is 11.9 Å². The Hall–Kier alpha value is -1.92. The molecule has 0 bridgehead atoms. The molecule has 1 aromatic carbocycles. The molecule has 6 heteroatoms. The third kappa shape index (κ3) is 5.53. The van der Waals surface area contributed by atoms with Crippen LogP contribution in [0.3, 0.4) is 0 Å². The number of aliphatic hydroxyl groups is 2. The molecule has 1 aromatic rings. The Labute approximate surface area is 123 Å². The highest BCUT2D eigenvalue weighted by molar-refractivity contribution is 5.75. The van der Waals surface area contributed by atoms with E-state index in [-0.39, 0.29) is 13.0 Å². The highest BCUT2D eigenvalue weighted by atomic mass is 16.5. The van der Waals surface area contributed by atoms with Crippen LogP contribution in [0.2, 0.25) is 0 Å². The van der Waals surface area contributed by atoms with Crippen LogP contribution in [-0.4, -0.2) is 40.0 Å². The van der Waals surface area contributed by atoms with E-state index in [2.05, 4.69) is 4.74 Å². The maximum Gasteiger partial charge on any atom is 0.338 e. The molecule has 0 radical (unpaired) electrons. The van der Waals surface area contributed by atoms with Gasteiger partial charge in [0.2, 0.25) is 0 Å². The summed E-state index contributed by atoms with van der Waals surface area (Å²) >= 11 is 0. The van der Waals surface area contributed by atoms with E-state index in [4.69, 9.17) is 5.11 Å². The smallest absolute Gasteiger partial charge is 0.338 e. The summed E-state index contributed by atoms with van der Waals surface area (Å²) in [5, 5.41) is 28.1. The standard InChI is InChI=1S/C15H20O6/c1-2-21-15(20)14(19)13(18)11-8-6-10(7-9-11)4-3-5-12(16)17/h6-9,13-14,18-19H,2-5H2,1H3,(H,16,17). The Morgan fingerprint density at radius 3 is 2.33 bits per heavy atom. The van der Waals surface area contributed by atoms with Crippen molar-refractivity contribution < 1.29 is 29.6 Å². The van der Waals surface area contributed by atoms with E-state index < -0.39 is 24.1 Å². The van der Waals surface area contributed by atoms with Crippen LogP contribution in [0, 0.1) is 0 Å². The number of carbonyl (C=O) groups is 2. The quantitative estimate of drug-likeness (QED) is 0.619. The fraction of sp³-hybridized carbons (Fsp3) is 0.467. The molecule has 0 amide bonds. The van der Waals surface area contributed by atoms with Crippen LogP contribution in [0.25, 0.3) is 0 Å². The van der Waals surface area contributed by atoms with E-state index in [9.17, 15) is 19.8 Å². The van der Waals surface area contributed by atoms with Crippen molar-refractivity contribution in [2.75, 3.05) is 6.61 Å². The van der Waals surface area contributed by atoms with E-state index in [0.29, 0.717) is 18.4 Å². The van der Waals surface area contributed by atoms with Crippen molar-refractivity contribution in [1.82, 2.24) is 0 Å². The Morgan fingerprint density at radius 1 is 1.19 bits per heavy atom. The second-order valence-electron chi connectivity index (χ2n) is 4.63. The summed E-state index contributed by atoms with van der Waals surface area (Å²) in [4.78, 5) is 21.8. The Bertz CT molecular complexity index is 468. The molecule has 0 aliphatic carbocycles. The van der Waals surface area contributed by atoms with Gasteiger partial charge in [-0.25, -0.2) is 4.79 Å². The zero-order chi connectivity index (χ0) is 15.8. The number of esters is 1. The number of hydrogen-bond acceptors (Lipinski definition) is 5. The Balaban J connectivity index is 2.60. The summed E-state index contributed by atoms with van der Waals surface area (Å²) in [7, 11) is 0. The largest absolute Gasteiger partial charge is 0.481 e. The average Bonchev–Trinajstić information content (AvgIpc) is 2.46. The first-order valence-electron chi connectivity index (χ1n) is 6.79. The third-order valence-corrected chi connectivity index (χ3v) is 3.00. The van der Waals surface area contributed by atoms with Crippen molar-refractivity contribution in [3.63, 3.8) is 0 Å². The van der Waals surface area contributed by atoms with Gasteiger partial charge in [-0.05, 0) is 30.9 Å². The number of hydrogen-bond donors (Lipinski definition) is 3. The zero-order valence-corrected chi connectivity index (χ0v) is 11.9. The molecule has 0 heterocycles.